The quantitative estimate of drug-likeness (QED) is 0.530. The molecule has 26 heavy (non-hydrogen) atoms. The van der Waals surface area contributed by atoms with Crippen LogP contribution < -0.4 is 5.32 Å². The molecule has 4 aromatic rings. The van der Waals surface area contributed by atoms with Crippen molar-refractivity contribution >= 4 is 29.0 Å². The molecule has 4 rings (SSSR count). The number of nitrogens with one attached hydrogen (secondary N) is 2. The molecule has 8 heteroatoms. The maximum atomic E-state index is 12.6. The summed E-state index contributed by atoms with van der Waals surface area (Å²) in [6.45, 7) is 2.13. The Kier molecular flexibility index (Phi) is 4.26. The highest BCUT2D eigenvalue weighted by molar-refractivity contribution is 7.99. The van der Waals surface area contributed by atoms with Gasteiger partial charge in [0.05, 0.1) is 0 Å². The zero-order chi connectivity index (χ0) is 18.1. The number of hydrogen-bond acceptors (Lipinski definition) is 4. The van der Waals surface area contributed by atoms with E-state index in [0.29, 0.717) is 11.2 Å². The topological polar surface area (TPSA) is 80.0 Å². The fourth-order valence-corrected chi connectivity index (χ4v) is 3.68. The van der Waals surface area contributed by atoms with E-state index >= 15 is 0 Å². The summed E-state index contributed by atoms with van der Waals surface area (Å²) in [6.07, 6.45) is 8.79. The number of imidazole rings is 2. The zero-order valence-corrected chi connectivity index (χ0v) is 15.2. The third kappa shape index (κ3) is 3.11. The molecule has 0 aliphatic carbocycles. The van der Waals surface area contributed by atoms with Crippen molar-refractivity contribution in [1.29, 1.82) is 0 Å². The lowest BCUT2D eigenvalue weighted by atomic mass is 10.1. The number of anilines is 1. The van der Waals surface area contributed by atoms with Crippen LogP contribution in [0.4, 0.5) is 5.69 Å². The summed E-state index contributed by atoms with van der Waals surface area (Å²) in [7, 11) is 1.98. The van der Waals surface area contributed by atoms with Gasteiger partial charge in [0, 0.05) is 49.0 Å². The van der Waals surface area contributed by atoms with E-state index in [0.717, 1.165) is 16.4 Å². The van der Waals surface area contributed by atoms with Crippen molar-refractivity contribution < 1.29 is 4.79 Å². The number of thioether (sulfide) groups is 1. The molecule has 1 aromatic carbocycles. The van der Waals surface area contributed by atoms with Gasteiger partial charge in [-0.2, -0.15) is 0 Å². The van der Waals surface area contributed by atoms with Crippen LogP contribution in [0.5, 0.6) is 0 Å². The van der Waals surface area contributed by atoms with Crippen LogP contribution in [0.1, 0.15) is 28.1 Å². The van der Waals surface area contributed by atoms with Gasteiger partial charge in [-0.1, -0.05) is 23.9 Å². The number of aromatic amines is 1. The summed E-state index contributed by atoms with van der Waals surface area (Å²) in [5.74, 6) is -0.191. The highest BCUT2D eigenvalue weighted by atomic mass is 32.2. The second-order valence-corrected chi connectivity index (χ2v) is 7.28. The molecule has 0 bridgehead atoms. The number of nitrogens with zero attached hydrogens (tertiary/aromatic N) is 4. The van der Waals surface area contributed by atoms with Gasteiger partial charge in [0.2, 0.25) is 0 Å². The largest absolute Gasteiger partial charge is 0.329 e. The van der Waals surface area contributed by atoms with Crippen LogP contribution in [0.2, 0.25) is 0 Å². The molecule has 0 saturated carbocycles. The van der Waals surface area contributed by atoms with E-state index in [1.54, 1.807) is 41.1 Å². The van der Waals surface area contributed by atoms with Crippen LogP contribution in [0, 0.1) is 0 Å². The van der Waals surface area contributed by atoms with Crippen LogP contribution in [-0.2, 0) is 7.05 Å². The van der Waals surface area contributed by atoms with E-state index in [4.69, 9.17) is 0 Å². The number of benzene rings is 1. The Labute approximate surface area is 154 Å². The van der Waals surface area contributed by atoms with Crippen LogP contribution in [0.25, 0.3) is 5.65 Å². The van der Waals surface area contributed by atoms with Gasteiger partial charge in [0.25, 0.3) is 5.91 Å². The van der Waals surface area contributed by atoms with Gasteiger partial charge >= 0.3 is 0 Å². The number of fused-ring (bicyclic) bond motifs is 1. The number of aryl methyl sites for hydroxylation is 1. The minimum Gasteiger partial charge on any atom is -0.329 e. The third-order valence-electron chi connectivity index (χ3n) is 4.15. The molecule has 7 nitrogen and oxygen atoms in total. The minimum atomic E-state index is -0.191. The maximum Gasteiger partial charge on any atom is 0.261 e. The fraction of sp³-hybridized carbons (Fsp3) is 0.167. The number of amides is 1. The highest BCUT2D eigenvalue weighted by Gasteiger charge is 2.15. The average molecular weight is 366 g/mol. The molecule has 1 unspecified atom stereocenters. The molecule has 0 spiro atoms. The average Bonchev–Trinajstić information content (AvgIpc) is 3.33. The molecule has 0 radical (unpaired) electrons. The van der Waals surface area contributed by atoms with Gasteiger partial charge in [-0.3, -0.25) is 9.89 Å². The number of carbonyl (C=O) groups is 1. The third-order valence-corrected chi connectivity index (χ3v) is 5.38. The van der Waals surface area contributed by atoms with Crippen molar-refractivity contribution in [2.75, 3.05) is 5.32 Å². The lowest BCUT2D eigenvalue weighted by Crippen LogP contribution is -2.12. The Morgan fingerprint density at radius 2 is 2.12 bits per heavy atom. The molecule has 3 aromatic heterocycles. The molecule has 1 atom stereocenters. The van der Waals surface area contributed by atoms with Crippen molar-refractivity contribution in [1.82, 2.24) is 24.1 Å². The Bertz CT molecular complexity index is 1060. The minimum absolute atomic E-state index is 0.191. The number of aromatic nitrogens is 5. The zero-order valence-electron chi connectivity index (χ0n) is 14.4. The van der Waals surface area contributed by atoms with Gasteiger partial charge in [-0.25, -0.2) is 14.5 Å². The Morgan fingerprint density at radius 3 is 2.92 bits per heavy atom. The summed E-state index contributed by atoms with van der Waals surface area (Å²) in [5, 5.41) is 7.09. The molecular weight excluding hydrogens is 348 g/mol. The van der Waals surface area contributed by atoms with Crippen molar-refractivity contribution in [2.24, 2.45) is 7.05 Å². The summed E-state index contributed by atoms with van der Waals surface area (Å²) in [5.41, 5.74) is 3.00. The van der Waals surface area contributed by atoms with Crippen LogP contribution in [0.3, 0.4) is 0 Å². The van der Waals surface area contributed by atoms with Gasteiger partial charge in [0.15, 0.2) is 10.8 Å². The van der Waals surface area contributed by atoms with Gasteiger partial charge < -0.3 is 9.88 Å². The number of H-pyrrole nitrogens is 1. The fourth-order valence-electron chi connectivity index (χ4n) is 2.73. The van der Waals surface area contributed by atoms with Crippen molar-refractivity contribution in [3.8, 4) is 0 Å². The standard InChI is InChI=1S/C18H18N6OS/c1-12(26-18-20-6-8-23(18)2)13-4-3-5-14(10-13)22-17(25)15-11-21-24-9-7-19-16(15)24/h3-12,21H,1-2H3,(H,22,25). The molecular formula is C18H18N6OS. The Balaban J connectivity index is 1.51. The van der Waals surface area contributed by atoms with Gasteiger partial charge in [-0.15, -0.1) is 0 Å². The number of hydrogen-bond donors (Lipinski definition) is 2. The Morgan fingerprint density at radius 1 is 1.27 bits per heavy atom. The van der Waals surface area contributed by atoms with E-state index in [1.165, 1.54) is 0 Å². The monoisotopic (exact) mass is 366 g/mol. The first-order valence-electron chi connectivity index (χ1n) is 8.17. The van der Waals surface area contributed by atoms with Crippen LogP contribution >= 0.6 is 11.8 Å². The van der Waals surface area contributed by atoms with E-state index in [1.807, 2.05) is 36.0 Å². The molecule has 2 N–H and O–H groups in total. The second-order valence-electron chi connectivity index (χ2n) is 5.97. The van der Waals surface area contributed by atoms with Crippen molar-refractivity contribution in [3.63, 3.8) is 0 Å². The van der Waals surface area contributed by atoms with Gasteiger partial charge in [0.1, 0.15) is 5.56 Å². The summed E-state index contributed by atoms with van der Waals surface area (Å²) >= 11 is 1.68. The van der Waals surface area contributed by atoms with Crippen LogP contribution in [0.15, 0.2) is 60.4 Å². The van der Waals surface area contributed by atoms with Crippen molar-refractivity contribution in [2.45, 2.75) is 17.3 Å². The lowest BCUT2D eigenvalue weighted by molar-refractivity contribution is 0.102. The first-order chi connectivity index (χ1) is 12.6. The normalized spacial score (nSPS) is 12.4. The summed E-state index contributed by atoms with van der Waals surface area (Å²) in [4.78, 5) is 21.1. The molecule has 0 fully saturated rings. The van der Waals surface area contributed by atoms with E-state index < -0.39 is 0 Å². The molecule has 3 heterocycles. The molecule has 132 valence electrons. The smallest absolute Gasteiger partial charge is 0.261 e. The summed E-state index contributed by atoms with van der Waals surface area (Å²) in [6, 6.07) is 7.88. The molecule has 0 aliphatic rings. The molecule has 1 amide bonds. The number of carbonyl (C=O) groups excluding carboxylic acids is 1. The second kappa shape index (κ2) is 6.72. The van der Waals surface area contributed by atoms with E-state index in [2.05, 4.69) is 33.4 Å². The molecule has 0 saturated heterocycles. The SMILES string of the molecule is CC(Sc1nccn1C)c1cccc(NC(=O)c2c[nH]n3ccnc23)c1. The van der Waals surface area contributed by atoms with Crippen molar-refractivity contribution in [3.05, 3.63) is 66.4 Å². The lowest BCUT2D eigenvalue weighted by Gasteiger charge is -2.13. The number of rotatable bonds is 5. The van der Waals surface area contributed by atoms with E-state index in [-0.39, 0.29) is 11.2 Å². The van der Waals surface area contributed by atoms with Gasteiger partial charge in [-0.05, 0) is 24.6 Å². The first kappa shape index (κ1) is 16.5. The molecule has 0 aliphatic heterocycles. The Hall–Kier alpha value is -3.00. The predicted molar refractivity (Wildman–Crippen MR) is 101 cm³/mol. The predicted octanol–water partition coefficient (Wildman–Crippen LogP) is 3.50. The van der Waals surface area contributed by atoms with Crippen LogP contribution in [-0.4, -0.2) is 30.1 Å². The maximum absolute atomic E-state index is 12.6. The highest BCUT2D eigenvalue weighted by Crippen LogP contribution is 2.34. The summed E-state index contributed by atoms with van der Waals surface area (Å²) < 4.78 is 3.70. The van der Waals surface area contributed by atoms with E-state index in [9.17, 15) is 4.79 Å². The first-order valence-corrected chi connectivity index (χ1v) is 9.05.